The van der Waals surface area contributed by atoms with E-state index >= 15 is 0 Å². The first-order valence-corrected chi connectivity index (χ1v) is 4.69. The molecule has 2 rings (SSSR count). The average Bonchev–Trinajstić information content (AvgIpc) is 2.23. The van der Waals surface area contributed by atoms with Gasteiger partial charge < -0.3 is 10.5 Å². The van der Waals surface area contributed by atoms with Gasteiger partial charge in [0.1, 0.15) is 5.75 Å². The molecule has 1 unspecified atom stereocenters. The summed E-state index contributed by atoms with van der Waals surface area (Å²) in [6.07, 6.45) is 1.26. The van der Waals surface area contributed by atoms with Gasteiger partial charge in [0.2, 0.25) is 0 Å². The van der Waals surface area contributed by atoms with Gasteiger partial charge >= 0.3 is 0 Å². The van der Waals surface area contributed by atoms with E-state index < -0.39 is 0 Å². The molecule has 1 atom stereocenters. The molecule has 3 nitrogen and oxygen atoms in total. The summed E-state index contributed by atoms with van der Waals surface area (Å²) in [5.74, 6) is 0.779. The molecule has 1 aromatic rings. The van der Waals surface area contributed by atoms with Gasteiger partial charge in [-0.25, -0.2) is 0 Å². The number of methoxy groups -OCH3 is 1. The van der Waals surface area contributed by atoms with Crippen LogP contribution in [0.3, 0.4) is 0 Å². The lowest BCUT2D eigenvalue weighted by atomic mass is 9.87. The predicted octanol–water partition coefficient (Wildman–Crippen LogP) is 1.67. The van der Waals surface area contributed by atoms with Crippen molar-refractivity contribution in [3.8, 4) is 5.75 Å². The van der Waals surface area contributed by atoms with E-state index in [0.717, 1.165) is 12.0 Å². The Morgan fingerprint density at radius 1 is 1.50 bits per heavy atom. The second-order valence-corrected chi connectivity index (χ2v) is 3.49. The lowest BCUT2D eigenvalue weighted by molar-refractivity contribution is 0.0964. The van der Waals surface area contributed by atoms with Crippen LogP contribution in [0.4, 0.5) is 0 Å². The van der Waals surface area contributed by atoms with E-state index in [4.69, 9.17) is 10.5 Å². The van der Waals surface area contributed by atoms with Gasteiger partial charge in [-0.1, -0.05) is 12.1 Å². The van der Waals surface area contributed by atoms with Crippen LogP contribution < -0.4 is 10.5 Å². The van der Waals surface area contributed by atoms with Gasteiger partial charge in [-0.15, -0.1) is 0 Å². The maximum absolute atomic E-state index is 11.7. The normalized spacial score (nSPS) is 20.4. The number of rotatable bonds is 1. The molecule has 0 heterocycles. The Bertz CT molecular complexity index is 374. The Morgan fingerprint density at radius 2 is 2.29 bits per heavy atom. The standard InChI is InChI=1S/C11H13NO2/c1-14-10-4-2-3-7-8(12)5-6-9(13)11(7)10/h2-4,8H,5-6,12H2,1H3. The van der Waals surface area contributed by atoms with E-state index in [1.807, 2.05) is 12.1 Å². The lowest BCUT2D eigenvalue weighted by Crippen LogP contribution is -2.22. The molecule has 1 aliphatic carbocycles. The number of carbonyl (C=O) groups is 1. The van der Waals surface area contributed by atoms with Gasteiger partial charge in [0.05, 0.1) is 12.7 Å². The third-order valence-corrected chi connectivity index (χ3v) is 2.64. The minimum absolute atomic E-state index is 0.0298. The molecule has 0 saturated heterocycles. The van der Waals surface area contributed by atoms with E-state index in [2.05, 4.69) is 0 Å². The molecule has 0 saturated carbocycles. The van der Waals surface area contributed by atoms with Crippen LogP contribution in [-0.4, -0.2) is 12.9 Å². The number of ether oxygens (including phenoxy) is 1. The topological polar surface area (TPSA) is 52.3 Å². The van der Waals surface area contributed by atoms with Gasteiger partial charge in [-0.05, 0) is 18.1 Å². The van der Waals surface area contributed by atoms with Crippen molar-refractivity contribution in [2.24, 2.45) is 5.73 Å². The van der Waals surface area contributed by atoms with Crippen molar-refractivity contribution in [3.63, 3.8) is 0 Å². The largest absolute Gasteiger partial charge is 0.496 e. The van der Waals surface area contributed by atoms with Crippen LogP contribution in [0.25, 0.3) is 0 Å². The first kappa shape index (κ1) is 9.21. The van der Waals surface area contributed by atoms with Crippen LogP contribution in [-0.2, 0) is 0 Å². The Kier molecular flexibility index (Phi) is 2.25. The average molecular weight is 191 g/mol. The van der Waals surface area contributed by atoms with Crippen molar-refractivity contribution in [3.05, 3.63) is 29.3 Å². The number of ketones is 1. The summed E-state index contributed by atoms with van der Waals surface area (Å²) >= 11 is 0. The van der Waals surface area contributed by atoms with E-state index in [-0.39, 0.29) is 11.8 Å². The second-order valence-electron chi connectivity index (χ2n) is 3.49. The van der Waals surface area contributed by atoms with Gasteiger partial charge in [0, 0.05) is 12.5 Å². The number of Topliss-reactive ketones (excluding diaryl/α,β-unsaturated/α-hetero) is 1. The lowest BCUT2D eigenvalue weighted by Gasteiger charge is -2.22. The van der Waals surface area contributed by atoms with E-state index in [1.54, 1.807) is 13.2 Å². The quantitative estimate of drug-likeness (QED) is 0.734. The molecule has 14 heavy (non-hydrogen) atoms. The zero-order chi connectivity index (χ0) is 10.1. The van der Waals surface area contributed by atoms with Crippen LogP contribution in [0.2, 0.25) is 0 Å². The zero-order valence-electron chi connectivity index (χ0n) is 8.12. The third-order valence-electron chi connectivity index (χ3n) is 2.64. The minimum Gasteiger partial charge on any atom is -0.496 e. The van der Waals surface area contributed by atoms with Crippen LogP contribution in [0.1, 0.15) is 34.8 Å². The predicted molar refractivity (Wildman–Crippen MR) is 53.5 cm³/mol. The van der Waals surface area contributed by atoms with Gasteiger partial charge in [0.15, 0.2) is 5.78 Å². The second kappa shape index (κ2) is 3.42. The summed E-state index contributed by atoms with van der Waals surface area (Å²) in [6, 6.07) is 5.54. The fraction of sp³-hybridized carbons (Fsp3) is 0.364. The molecule has 0 spiro atoms. The van der Waals surface area contributed by atoms with Crippen molar-refractivity contribution in [1.29, 1.82) is 0 Å². The SMILES string of the molecule is COc1cccc2c1C(=O)CCC2N. The van der Waals surface area contributed by atoms with Crippen LogP contribution in [0, 0.1) is 0 Å². The molecule has 0 aromatic heterocycles. The maximum atomic E-state index is 11.7. The highest BCUT2D eigenvalue weighted by Crippen LogP contribution is 2.33. The van der Waals surface area contributed by atoms with E-state index in [1.165, 1.54) is 0 Å². The van der Waals surface area contributed by atoms with Crippen LogP contribution >= 0.6 is 0 Å². The number of carbonyl (C=O) groups excluding carboxylic acids is 1. The maximum Gasteiger partial charge on any atom is 0.167 e. The molecular weight excluding hydrogens is 178 g/mol. The van der Waals surface area contributed by atoms with Gasteiger partial charge in [-0.2, -0.15) is 0 Å². The van der Waals surface area contributed by atoms with E-state index in [9.17, 15) is 4.79 Å². The fourth-order valence-corrected chi connectivity index (χ4v) is 1.89. The van der Waals surface area contributed by atoms with E-state index in [0.29, 0.717) is 17.7 Å². The summed E-state index contributed by atoms with van der Waals surface area (Å²) < 4.78 is 5.15. The molecule has 2 N–H and O–H groups in total. The first-order chi connectivity index (χ1) is 6.74. The van der Waals surface area contributed by atoms with Crippen molar-refractivity contribution in [2.45, 2.75) is 18.9 Å². The number of hydrogen-bond donors (Lipinski definition) is 1. The fourth-order valence-electron chi connectivity index (χ4n) is 1.89. The number of nitrogens with two attached hydrogens (primary N) is 1. The highest BCUT2D eigenvalue weighted by molar-refractivity contribution is 6.01. The summed E-state index contributed by atoms with van der Waals surface area (Å²) in [7, 11) is 1.57. The first-order valence-electron chi connectivity index (χ1n) is 4.69. The Labute approximate surface area is 82.9 Å². The number of fused-ring (bicyclic) bond motifs is 1. The minimum atomic E-state index is -0.0298. The monoisotopic (exact) mass is 191 g/mol. The summed E-state index contributed by atoms with van der Waals surface area (Å²) in [5, 5.41) is 0. The summed E-state index contributed by atoms with van der Waals surface area (Å²) in [4.78, 5) is 11.7. The highest BCUT2D eigenvalue weighted by Gasteiger charge is 2.25. The Morgan fingerprint density at radius 3 is 3.00 bits per heavy atom. The molecule has 1 aromatic carbocycles. The Hall–Kier alpha value is -1.35. The number of hydrogen-bond acceptors (Lipinski definition) is 3. The molecule has 3 heteroatoms. The molecule has 0 radical (unpaired) electrons. The van der Waals surface area contributed by atoms with Crippen LogP contribution in [0.5, 0.6) is 5.75 Å². The molecular formula is C11H13NO2. The summed E-state index contributed by atoms with van der Waals surface area (Å²) in [6.45, 7) is 0. The van der Waals surface area contributed by atoms with Crippen molar-refractivity contribution < 1.29 is 9.53 Å². The summed E-state index contributed by atoms with van der Waals surface area (Å²) in [5.41, 5.74) is 7.52. The van der Waals surface area contributed by atoms with Gasteiger partial charge in [-0.3, -0.25) is 4.79 Å². The van der Waals surface area contributed by atoms with Crippen molar-refractivity contribution in [1.82, 2.24) is 0 Å². The molecule has 74 valence electrons. The van der Waals surface area contributed by atoms with Crippen molar-refractivity contribution in [2.75, 3.05) is 7.11 Å². The Balaban J connectivity index is 2.60. The van der Waals surface area contributed by atoms with Gasteiger partial charge in [0.25, 0.3) is 0 Å². The van der Waals surface area contributed by atoms with Crippen LogP contribution in [0.15, 0.2) is 18.2 Å². The highest BCUT2D eigenvalue weighted by atomic mass is 16.5. The molecule has 1 aliphatic rings. The molecule has 0 fully saturated rings. The molecule has 0 bridgehead atoms. The van der Waals surface area contributed by atoms with Crippen molar-refractivity contribution >= 4 is 5.78 Å². The number of benzene rings is 1. The molecule has 0 aliphatic heterocycles. The molecule has 0 amide bonds. The zero-order valence-corrected chi connectivity index (χ0v) is 8.12. The third kappa shape index (κ3) is 1.30. The smallest absolute Gasteiger partial charge is 0.167 e.